The molecule has 6 nitrogen and oxygen atoms in total. The molecule has 1 aromatic heterocycles. The summed E-state index contributed by atoms with van der Waals surface area (Å²) in [4.78, 5) is 0. The van der Waals surface area contributed by atoms with E-state index in [-0.39, 0.29) is 0 Å². The lowest BCUT2D eigenvalue weighted by atomic mass is 9.76. The predicted octanol–water partition coefficient (Wildman–Crippen LogP) is 2.86. The second-order valence-electron chi connectivity index (χ2n) is 7.72. The fourth-order valence-electron chi connectivity index (χ4n) is 4.30. The lowest BCUT2D eigenvalue weighted by Gasteiger charge is -2.36. The molecule has 0 bridgehead atoms. The van der Waals surface area contributed by atoms with Crippen LogP contribution in [-0.2, 0) is 5.54 Å². The Bertz CT molecular complexity index is 1230. The van der Waals surface area contributed by atoms with Crippen molar-refractivity contribution in [3.8, 4) is 11.4 Å². The van der Waals surface area contributed by atoms with Crippen LogP contribution in [0.2, 0.25) is 0 Å². The van der Waals surface area contributed by atoms with Crippen molar-refractivity contribution in [1.82, 2.24) is 20.2 Å². The van der Waals surface area contributed by atoms with Gasteiger partial charge in [-0.2, -0.15) is 0 Å². The number of rotatable bonds is 6. The fraction of sp³-hybridized carbons (Fsp3) is 0.0385. The molecular weight excluding hydrogens is 411 g/mol. The molecule has 2 N–H and O–H groups in total. The first-order valence-electron chi connectivity index (χ1n) is 10.6. The number of hydrogen-bond donors (Lipinski definition) is 2. The standard InChI is InChI=1S/C26H21BN4O2/c32-27(33)24-18-16-20(17-19-24)25-28-29-30-31(25)26(21-10-4-1-5-11-21,22-12-6-2-7-13-22)23-14-8-3-9-15-23/h1-19,32-33H. The van der Waals surface area contributed by atoms with Crippen LogP contribution in [0.1, 0.15) is 16.7 Å². The molecular formula is C26H21BN4O2. The van der Waals surface area contributed by atoms with Gasteiger partial charge in [0.25, 0.3) is 0 Å². The molecule has 0 amide bonds. The number of nitrogens with zero attached hydrogens (tertiary/aromatic N) is 4. The molecule has 0 unspecified atom stereocenters. The molecule has 7 heteroatoms. The van der Waals surface area contributed by atoms with Gasteiger partial charge in [-0.1, -0.05) is 115 Å². The van der Waals surface area contributed by atoms with Crippen molar-refractivity contribution in [2.24, 2.45) is 0 Å². The van der Waals surface area contributed by atoms with Gasteiger partial charge in [0.2, 0.25) is 0 Å². The number of aromatic nitrogens is 4. The lowest BCUT2D eigenvalue weighted by molar-refractivity contribution is 0.426. The van der Waals surface area contributed by atoms with Gasteiger partial charge in [-0.25, -0.2) is 4.68 Å². The first-order valence-corrected chi connectivity index (χ1v) is 10.6. The Balaban J connectivity index is 1.83. The number of hydrogen-bond acceptors (Lipinski definition) is 5. The van der Waals surface area contributed by atoms with Gasteiger partial charge in [0, 0.05) is 5.56 Å². The van der Waals surface area contributed by atoms with Crippen molar-refractivity contribution < 1.29 is 10.0 Å². The third kappa shape index (κ3) is 3.63. The molecule has 5 rings (SSSR count). The average Bonchev–Trinajstić information content (AvgIpc) is 3.37. The molecule has 0 aliphatic rings. The minimum absolute atomic E-state index is 0.401. The smallest absolute Gasteiger partial charge is 0.423 e. The number of tetrazole rings is 1. The predicted molar refractivity (Wildman–Crippen MR) is 128 cm³/mol. The Morgan fingerprint density at radius 3 is 1.48 bits per heavy atom. The molecule has 0 fully saturated rings. The third-order valence-corrected chi connectivity index (χ3v) is 5.83. The van der Waals surface area contributed by atoms with Gasteiger partial charge in [0.05, 0.1) is 0 Å². The fourth-order valence-corrected chi connectivity index (χ4v) is 4.30. The summed E-state index contributed by atoms with van der Waals surface area (Å²) < 4.78 is 1.84. The van der Waals surface area contributed by atoms with E-state index < -0.39 is 12.7 Å². The maximum Gasteiger partial charge on any atom is 0.488 e. The molecule has 33 heavy (non-hydrogen) atoms. The highest BCUT2D eigenvalue weighted by atomic mass is 16.4. The summed E-state index contributed by atoms with van der Waals surface area (Å²) in [6, 6.07) is 37.4. The molecule has 5 aromatic rings. The quantitative estimate of drug-likeness (QED) is 0.319. The zero-order valence-corrected chi connectivity index (χ0v) is 17.7. The van der Waals surface area contributed by atoms with E-state index in [1.54, 1.807) is 24.3 Å². The van der Waals surface area contributed by atoms with Gasteiger partial charge in [0.1, 0.15) is 5.54 Å². The Hall–Kier alpha value is -4.07. The third-order valence-electron chi connectivity index (χ3n) is 5.83. The van der Waals surface area contributed by atoms with Crippen LogP contribution in [0.4, 0.5) is 0 Å². The van der Waals surface area contributed by atoms with Crippen LogP contribution in [-0.4, -0.2) is 37.4 Å². The van der Waals surface area contributed by atoms with Gasteiger partial charge >= 0.3 is 7.12 Å². The maximum absolute atomic E-state index is 9.49. The molecule has 1 heterocycles. The van der Waals surface area contributed by atoms with Crippen LogP contribution in [0.25, 0.3) is 11.4 Å². The zero-order chi connectivity index (χ0) is 22.7. The summed E-state index contributed by atoms with van der Waals surface area (Å²) in [7, 11) is -1.54. The normalized spacial score (nSPS) is 11.3. The first-order chi connectivity index (χ1) is 16.2. The van der Waals surface area contributed by atoms with E-state index >= 15 is 0 Å². The van der Waals surface area contributed by atoms with Gasteiger partial charge in [-0.3, -0.25) is 0 Å². The van der Waals surface area contributed by atoms with E-state index in [0.29, 0.717) is 11.3 Å². The Morgan fingerprint density at radius 1 is 0.606 bits per heavy atom. The van der Waals surface area contributed by atoms with E-state index in [9.17, 15) is 10.0 Å². The molecule has 0 spiro atoms. The average molecular weight is 432 g/mol. The summed E-state index contributed by atoms with van der Waals surface area (Å²) in [6.45, 7) is 0. The summed E-state index contributed by atoms with van der Waals surface area (Å²) in [5.41, 5.74) is 3.36. The summed E-state index contributed by atoms with van der Waals surface area (Å²) in [6.07, 6.45) is 0. The van der Waals surface area contributed by atoms with Crippen LogP contribution >= 0.6 is 0 Å². The van der Waals surface area contributed by atoms with E-state index in [1.165, 1.54) is 0 Å². The van der Waals surface area contributed by atoms with E-state index in [4.69, 9.17) is 0 Å². The highest BCUT2D eigenvalue weighted by molar-refractivity contribution is 6.58. The molecule has 0 saturated carbocycles. The second kappa shape index (κ2) is 8.82. The van der Waals surface area contributed by atoms with Crippen LogP contribution in [0.5, 0.6) is 0 Å². The van der Waals surface area contributed by atoms with E-state index in [2.05, 4.69) is 51.9 Å². The van der Waals surface area contributed by atoms with Gasteiger partial charge < -0.3 is 10.0 Å². The van der Waals surface area contributed by atoms with Crippen molar-refractivity contribution in [2.45, 2.75) is 5.54 Å². The zero-order valence-electron chi connectivity index (χ0n) is 17.7. The topological polar surface area (TPSA) is 84.1 Å². The lowest BCUT2D eigenvalue weighted by Crippen LogP contribution is -2.39. The van der Waals surface area contributed by atoms with Crippen molar-refractivity contribution in [3.63, 3.8) is 0 Å². The summed E-state index contributed by atoms with van der Waals surface area (Å²) in [5, 5.41) is 31.9. The molecule has 4 aromatic carbocycles. The molecule has 0 radical (unpaired) electrons. The van der Waals surface area contributed by atoms with Crippen LogP contribution < -0.4 is 5.46 Å². The number of benzene rings is 4. The van der Waals surface area contributed by atoms with Crippen molar-refractivity contribution in [1.29, 1.82) is 0 Å². The van der Waals surface area contributed by atoms with Crippen molar-refractivity contribution >= 4 is 12.6 Å². The van der Waals surface area contributed by atoms with E-state index in [0.717, 1.165) is 22.3 Å². The summed E-state index contributed by atoms with van der Waals surface area (Å²) >= 11 is 0. The minimum Gasteiger partial charge on any atom is -0.423 e. The summed E-state index contributed by atoms with van der Waals surface area (Å²) in [5.74, 6) is 0.561. The molecule has 0 saturated heterocycles. The molecule has 0 aliphatic heterocycles. The SMILES string of the molecule is OB(O)c1ccc(-c2nnnn2C(c2ccccc2)(c2ccccc2)c2ccccc2)cc1. The van der Waals surface area contributed by atoms with Crippen LogP contribution in [0.15, 0.2) is 115 Å². The monoisotopic (exact) mass is 432 g/mol. The Morgan fingerprint density at radius 2 is 1.06 bits per heavy atom. The Labute approximate surface area is 191 Å². The van der Waals surface area contributed by atoms with Crippen molar-refractivity contribution in [2.75, 3.05) is 0 Å². The van der Waals surface area contributed by atoms with Gasteiger partial charge in [0.15, 0.2) is 5.82 Å². The largest absolute Gasteiger partial charge is 0.488 e. The maximum atomic E-state index is 9.49. The molecule has 0 aliphatic carbocycles. The first kappa shape index (κ1) is 20.8. The van der Waals surface area contributed by atoms with E-state index in [1.807, 2.05) is 59.3 Å². The van der Waals surface area contributed by atoms with Crippen molar-refractivity contribution in [3.05, 3.63) is 132 Å². The highest BCUT2D eigenvalue weighted by Crippen LogP contribution is 2.41. The second-order valence-corrected chi connectivity index (χ2v) is 7.72. The molecule has 0 atom stereocenters. The minimum atomic E-state index is -1.54. The van der Waals surface area contributed by atoms with Crippen LogP contribution in [0, 0.1) is 0 Å². The van der Waals surface area contributed by atoms with Crippen LogP contribution in [0.3, 0.4) is 0 Å². The molecule has 160 valence electrons. The Kier molecular flexibility index (Phi) is 5.56. The van der Waals surface area contributed by atoms with Gasteiger partial charge in [-0.15, -0.1) is 5.10 Å². The highest BCUT2D eigenvalue weighted by Gasteiger charge is 2.41. The van der Waals surface area contributed by atoms with Gasteiger partial charge in [-0.05, 0) is 32.6 Å².